The molecule has 1 unspecified atom stereocenters. The van der Waals surface area contributed by atoms with Crippen LogP contribution in [0.15, 0.2) is 12.3 Å². The van der Waals surface area contributed by atoms with Gasteiger partial charge in [0.1, 0.15) is 11.6 Å². The van der Waals surface area contributed by atoms with Crippen LogP contribution in [0, 0.1) is 10.1 Å². The van der Waals surface area contributed by atoms with Gasteiger partial charge < -0.3 is 11.1 Å². The van der Waals surface area contributed by atoms with E-state index in [1.807, 2.05) is 0 Å². The van der Waals surface area contributed by atoms with E-state index in [2.05, 4.69) is 10.3 Å². The standard InChI is InChI=1S/C9H9ClN4O4/c1-4(8(11)15)13-9(16)5-2-3-12-7(10)6(5)14(17)18/h2-4H,1H3,(H2,11,15)(H,13,16). The number of nitrogens with two attached hydrogens (primary N) is 1. The minimum Gasteiger partial charge on any atom is -0.368 e. The second-order valence-corrected chi connectivity index (χ2v) is 3.71. The topological polar surface area (TPSA) is 128 Å². The molecular formula is C9H9ClN4O4. The van der Waals surface area contributed by atoms with Crippen LogP contribution in [0.3, 0.4) is 0 Å². The third kappa shape index (κ3) is 2.92. The summed E-state index contributed by atoms with van der Waals surface area (Å²) in [7, 11) is 0. The highest BCUT2D eigenvalue weighted by atomic mass is 35.5. The molecule has 0 fully saturated rings. The monoisotopic (exact) mass is 272 g/mol. The van der Waals surface area contributed by atoms with Crippen LogP contribution >= 0.6 is 11.6 Å². The highest BCUT2D eigenvalue weighted by molar-refractivity contribution is 6.32. The Kier molecular flexibility index (Phi) is 4.16. The highest BCUT2D eigenvalue weighted by Gasteiger charge is 2.26. The molecule has 18 heavy (non-hydrogen) atoms. The van der Waals surface area contributed by atoms with Crippen LogP contribution in [-0.2, 0) is 4.79 Å². The number of carbonyl (C=O) groups excluding carboxylic acids is 2. The number of hydrogen-bond acceptors (Lipinski definition) is 5. The third-order valence-electron chi connectivity index (χ3n) is 2.08. The van der Waals surface area contributed by atoms with E-state index in [9.17, 15) is 19.7 Å². The molecule has 0 aliphatic heterocycles. The normalized spacial score (nSPS) is 11.7. The van der Waals surface area contributed by atoms with Crippen LogP contribution < -0.4 is 11.1 Å². The third-order valence-corrected chi connectivity index (χ3v) is 2.36. The molecule has 1 heterocycles. The summed E-state index contributed by atoms with van der Waals surface area (Å²) < 4.78 is 0. The van der Waals surface area contributed by atoms with E-state index in [-0.39, 0.29) is 5.56 Å². The van der Waals surface area contributed by atoms with Crippen LogP contribution in [0.5, 0.6) is 0 Å². The van der Waals surface area contributed by atoms with Crippen molar-refractivity contribution < 1.29 is 14.5 Å². The number of hydrogen-bond donors (Lipinski definition) is 2. The number of aromatic nitrogens is 1. The van der Waals surface area contributed by atoms with Crippen LogP contribution in [0.4, 0.5) is 5.69 Å². The molecule has 1 aromatic heterocycles. The van der Waals surface area contributed by atoms with Crippen LogP contribution in [0.2, 0.25) is 5.15 Å². The molecule has 9 heteroatoms. The number of nitrogens with zero attached hydrogens (tertiary/aromatic N) is 2. The second kappa shape index (κ2) is 5.41. The van der Waals surface area contributed by atoms with E-state index < -0.39 is 33.6 Å². The highest BCUT2D eigenvalue weighted by Crippen LogP contribution is 2.25. The summed E-state index contributed by atoms with van der Waals surface area (Å²) in [6.07, 6.45) is 1.15. The summed E-state index contributed by atoms with van der Waals surface area (Å²) in [5.41, 5.74) is 4.06. The SMILES string of the molecule is CC(NC(=O)c1ccnc(Cl)c1[N+](=O)[O-])C(N)=O. The zero-order valence-corrected chi connectivity index (χ0v) is 9.97. The number of nitro groups is 1. The van der Waals surface area contributed by atoms with Gasteiger partial charge in [-0.05, 0) is 13.0 Å². The van der Waals surface area contributed by atoms with Gasteiger partial charge in [0.15, 0.2) is 0 Å². The first-order valence-electron chi connectivity index (χ1n) is 4.73. The number of pyridine rings is 1. The van der Waals surface area contributed by atoms with Gasteiger partial charge in [0.25, 0.3) is 5.91 Å². The van der Waals surface area contributed by atoms with E-state index in [1.54, 1.807) is 0 Å². The van der Waals surface area contributed by atoms with E-state index in [0.29, 0.717) is 0 Å². The Bertz CT molecular complexity index is 519. The first kappa shape index (κ1) is 13.8. The summed E-state index contributed by atoms with van der Waals surface area (Å²) in [6.45, 7) is 1.36. The fraction of sp³-hybridized carbons (Fsp3) is 0.222. The number of halogens is 1. The Morgan fingerprint density at radius 2 is 2.22 bits per heavy atom. The molecule has 1 atom stereocenters. The van der Waals surface area contributed by atoms with E-state index in [1.165, 1.54) is 6.92 Å². The summed E-state index contributed by atoms with van der Waals surface area (Å²) in [5, 5.41) is 12.6. The Morgan fingerprint density at radius 3 is 2.72 bits per heavy atom. The summed E-state index contributed by atoms with van der Waals surface area (Å²) in [4.78, 5) is 36.0. The first-order valence-corrected chi connectivity index (χ1v) is 5.11. The molecule has 1 aromatic rings. The van der Waals surface area contributed by atoms with Gasteiger partial charge in [-0.1, -0.05) is 11.6 Å². The molecule has 3 N–H and O–H groups in total. The molecule has 0 bridgehead atoms. The van der Waals surface area contributed by atoms with Crippen molar-refractivity contribution in [2.45, 2.75) is 13.0 Å². The lowest BCUT2D eigenvalue weighted by Crippen LogP contribution is -2.42. The number of nitrogens with one attached hydrogen (secondary N) is 1. The van der Waals surface area contributed by atoms with Crippen molar-refractivity contribution in [1.29, 1.82) is 0 Å². The minimum absolute atomic E-state index is 0.284. The maximum absolute atomic E-state index is 11.7. The zero-order valence-electron chi connectivity index (χ0n) is 9.21. The summed E-state index contributed by atoms with van der Waals surface area (Å²) >= 11 is 5.54. The molecule has 0 radical (unpaired) electrons. The van der Waals surface area contributed by atoms with E-state index in [4.69, 9.17) is 17.3 Å². The van der Waals surface area contributed by atoms with Crippen LogP contribution in [0.1, 0.15) is 17.3 Å². The molecule has 0 aliphatic carbocycles. The van der Waals surface area contributed by atoms with Gasteiger partial charge in [0.2, 0.25) is 11.1 Å². The van der Waals surface area contributed by atoms with Gasteiger partial charge >= 0.3 is 5.69 Å². The van der Waals surface area contributed by atoms with Gasteiger partial charge in [0, 0.05) is 6.20 Å². The van der Waals surface area contributed by atoms with Crippen molar-refractivity contribution in [3.8, 4) is 0 Å². The average molecular weight is 273 g/mol. The number of primary amides is 1. The predicted molar refractivity (Wildman–Crippen MR) is 62.0 cm³/mol. The second-order valence-electron chi connectivity index (χ2n) is 3.35. The van der Waals surface area contributed by atoms with Crippen molar-refractivity contribution in [2.24, 2.45) is 5.73 Å². The Labute approximate surface area is 106 Å². The van der Waals surface area contributed by atoms with Crippen molar-refractivity contribution in [3.05, 3.63) is 33.1 Å². The van der Waals surface area contributed by atoms with Gasteiger partial charge in [0.05, 0.1) is 4.92 Å². The molecule has 0 saturated carbocycles. The average Bonchev–Trinajstić information content (AvgIpc) is 2.27. The van der Waals surface area contributed by atoms with E-state index >= 15 is 0 Å². The molecule has 96 valence electrons. The lowest BCUT2D eigenvalue weighted by Gasteiger charge is -2.10. The zero-order chi connectivity index (χ0) is 13.9. The largest absolute Gasteiger partial charge is 0.368 e. The smallest absolute Gasteiger partial charge is 0.319 e. The van der Waals surface area contributed by atoms with Gasteiger partial charge in [-0.3, -0.25) is 19.7 Å². The molecule has 1 rings (SSSR count). The van der Waals surface area contributed by atoms with Crippen LogP contribution in [0.25, 0.3) is 0 Å². The lowest BCUT2D eigenvalue weighted by molar-refractivity contribution is -0.385. The van der Waals surface area contributed by atoms with E-state index in [0.717, 1.165) is 12.3 Å². The van der Waals surface area contributed by atoms with Gasteiger partial charge in [-0.2, -0.15) is 0 Å². The predicted octanol–water partition coefficient (Wildman–Crippen LogP) is 0.247. The minimum atomic E-state index is -0.955. The Hall–Kier alpha value is -2.22. The number of carbonyl (C=O) groups is 2. The molecule has 0 spiro atoms. The maximum atomic E-state index is 11.7. The number of amides is 2. The molecule has 8 nitrogen and oxygen atoms in total. The molecule has 0 aromatic carbocycles. The van der Waals surface area contributed by atoms with Crippen molar-refractivity contribution >= 4 is 29.1 Å². The lowest BCUT2D eigenvalue weighted by atomic mass is 10.2. The molecule has 0 saturated heterocycles. The fourth-order valence-electron chi connectivity index (χ4n) is 1.13. The molecular weight excluding hydrogens is 264 g/mol. The summed E-state index contributed by atoms with van der Waals surface area (Å²) in [5.74, 6) is -1.58. The van der Waals surface area contributed by atoms with Crippen molar-refractivity contribution in [2.75, 3.05) is 0 Å². The quantitative estimate of drug-likeness (QED) is 0.461. The van der Waals surface area contributed by atoms with Crippen LogP contribution in [-0.4, -0.2) is 27.8 Å². The molecule has 0 aliphatic rings. The molecule has 2 amide bonds. The van der Waals surface area contributed by atoms with Crippen molar-refractivity contribution in [3.63, 3.8) is 0 Å². The first-order chi connectivity index (χ1) is 8.34. The Morgan fingerprint density at radius 1 is 1.61 bits per heavy atom. The maximum Gasteiger partial charge on any atom is 0.319 e. The van der Waals surface area contributed by atoms with Gasteiger partial charge in [-0.25, -0.2) is 4.98 Å². The van der Waals surface area contributed by atoms with Crippen molar-refractivity contribution in [1.82, 2.24) is 10.3 Å². The Balaban J connectivity index is 3.10. The summed E-state index contributed by atoms with van der Waals surface area (Å²) in [6, 6.07) is 0.177. The number of rotatable bonds is 4. The fourth-order valence-corrected chi connectivity index (χ4v) is 1.36. The van der Waals surface area contributed by atoms with Gasteiger partial charge in [-0.15, -0.1) is 0 Å².